The first kappa shape index (κ1) is 12.6. The van der Waals surface area contributed by atoms with Crippen molar-refractivity contribution in [3.63, 3.8) is 0 Å². The van der Waals surface area contributed by atoms with Crippen molar-refractivity contribution in [1.82, 2.24) is 9.80 Å². The third kappa shape index (κ3) is 2.94. The van der Waals surface area contributed by atoms with E-state index in [9.17, 15) is 0 Å². The summed E-state index contributed by atoms with van der Waals surface area (Å²) in [7, 11) is 0. The molecule has 0 aromatic carbocycles. The third-order valence-corrected chi connectivity index (χ3v) is 5.02. The Kier molecular flexibility index (Phi) is 4.31. The van der Waals surface area contributed by atoms with Crippen molar-refractivity contribution in [2.24, 2.45) is 0 Å². The van der Waals surface area contributed by atoms with Gasteiger partial charge in [-0.1, -0.05) is 6.07 Å². The molecule has 0 N–H and O–H groups in total. The van der Waals surface area contributed by atoms with Crippen molar-refractivity contribution in [3.8, 4) is 0 Å². The van der Waals surface area contributed by atoms with E-state index in [0.29, 0.717) is 6.04 Å². The van der Waals surface area contributed by atoms with Gasteiger partial charge in [-0.15, -0.1) is 11.3 Å². The molecule has 1 aromatic heterocycles. The molecule has 0 saturated carbocycles. The zero-order valence-electron chi connectivity index (χ0n) is 10.9. The van der Waals surface area contributed by atoms with Crippen LogP contribution in [0.25, 0.3) is 0 Å². The van der Waals surface area contributed by atoms with Crippen LogP contribution >= 0.6 is 11.3 Å². The molecule has 0 spiro atoms. The summed E-state index contributed by atoms with van der Waals surface area (Å²) in [6.07, 6.45) is 2.69. The molecule has 4 heteroatoms. The molecule has 0 amide bonds. The molecular formula is C14H22N2OS. The van der Waals surface area contributed by atoms with Crippen molar-refractivity contribution in [2.75, 3.05) is 45.9 Å². The Balaban J connectivity index is 1.52. The Morgan fingerprint density at radius 1 is 1.22 bits per heavy atom. The number of hydrogen-bond donors (Lipinski definition) is 0. The van der Waals surface area contributed by atoms with Gasteiger partial charge in [0.25, 0.3) is 0 Å². The fourth-order valence-corrected chi connectivity index (χ4v) is 3.89. The van der Waals surface area contributed by atoms with E-state index in [1.165, 1.54) is 32.5 Å². The van der Waals surface area contributed by atoms with Gasteiger partial charge >= 0.3 is 0 Å². The Morgan fingerprint density at radius 2 is 2.11 bits per heavy atom. The molecule has 3 heterocycles. The van der Waals surface area contributed by atoms with Gasteiger partial charge in [0.1, 0.15) is 0 Å². The maximum atomic E-state index is 5.40. The number of thiophene rings is 1. The molecule has 1 aromatic rings. The van der Waals surface area contributed by atoms with Gasteiger partial charge in [0, 0.05) is 37.1 Å². The van der Waals surface area contributed by atoms with Gasteiger partial charge < -0.3 is 4.74 Å². The number of ether oxygens (including phenoxy) is 1. The number of nitrogens with zero attached hydrogens (tertiary/aromatic N) is 2. The highest BCUT2D eigenvalue weighted by Gasteiger charge is 2.26. The summed E-state index contributed by atoms with van der Waals surface area (Å²) < 4.78 is 5.40. The van der Waals surface area contributed by atoms with Crippen molar-refractivity contribution in [2.45, 2.75) is 18.9 Å². The second-order valence-electron chi connectivity index (χ2n) is 5.16. The Morgan fingerprint density at radius 3 is 2.89 bits per heavy atom. The van der Waals surface area contributed by atoms with Crippen LogP contribution in [0.2, 0.25) is 0 Å². The quantitative estimate of drug-likeness (QED) is 0.831. The Hall–Kier alpha value is -0.420. The largest absolute Gasteiger partial charge is 0.379 e. The van der Waals surface area contributed by atoms with Crippen LogP contribution in [-0.4, -0.2) is 55.7 Å². The van der Waals surface area contributed by atoms with E-state index in [-0.39, 0.29) is 0 Å². The first-order valence-electron chi connectivity index (χ1n) is 7.01. The normalized spacial score (nSPS) is 26.8. The molecule has 18 heavy (non-hydrogen) atoms. The summed E-state index contributed by atoms with van der Waals surface area (Å²) in [6.45, 7) is 7.72. The highest BCUT2D eigenvalue weighted by atomic mass is 32.1. The molecular weight excluding hydrogens is 244 g/mol. The standard InChI is InChI=1S/C14H22N2OS/c1-3-13(14-4-2-12-18-14)16(5-1)7-6-15-8-10-17-11-9-15/h2,4,12-13H,1,3,5-11H2/t13-/m1/s1. The summed E-state index contributed by atoms with van der Waals surface area (Å²) >= 11 is 1.91. The monoisotopic (exact) mass is 266 g/mol. The van der Waals surface area contributed by atoms with Crippen LogP contribution < -0.4 is 0 Å². The van der Waals surface area contributed by atoms with E-state index >= 15 is 0 Å². The lowest BCUT2D eigenvalue weighted by Crippen LogP contribution is -2.41. The predicted molar refractivity (Wildman–Crippen MR) is 75.1 cm³/mol. The first-order valence-corrected chi connectivity index (χ1v) is 7.89. The van der Waals surface area contributed by atoms with E-state index in [1.807, 2.05) is 11.3 Å². The summed E-state index contributed by atoms with van der Waals surface area (Å²) in [5.74, 6) is 0. The lowest BCUT2D eigenvalue weighted by atomic mass is 10.2. The van der Waals surface area contributed by atoms with Gasteiger partial charge in [0.2, 0.25) is 0 Å². The number of hydrogen-bond acceptors (Lipinski definition) is 4. The van der Waals surface area contributed by atoms with Crippen LogP contribution in [0.1, 0.15) is 23.8 Å². The minimum Gasteiger partial charge on any atom is -0.379 e. The van der Waals surface area contributed by atoms with E-state index in [2.05, 4.69) is 27.3 Å². The molecule has 100 valence electrons. The molecule has 0 unspecified atom stereocenters. The SMILES string of the molecule is c1csc([C@H]2CCCN2CCN2CCOCC2)c1. The van der Waals surface area contributed by atoms with Crippen molar-refractivity contribution < 1.29 is 4.74 Å². The first-order chi connectivity index (χ1) is 8.93. The van der Waals surface area contributed by atoms with E-state index in [4.69, 9.17) is 4.74 Å². The zero-order chi connectivity index (χ0) is 12.2. The second-order valence-corrected chi connectivity index (χ2v) is 6.14. The molecule has 0 bridgehead atoms. The maximum Gasteiger partial charge on any atom is 0.0594 e. The molecule has 2 fully saturated rings. The van der Waals surface area contributed by atoms with Gasteiger partial charge in [-0.25, -0.2) is 0 Å². The maximum absolute atomic E-state index is 5.40. The molecule has 2 saturated heterocycles. The van der Waals surface area contributed by atoms with Crippen LogP contribution in [0.5, 0.6) is 0 Å². The van der Waals surface area contributed by atoms with Gasteiger partial charge in [0.05, 0.1) is 13.2 Å². The average Bonchev–Trinajstić information content (AvgIpc) is 3.08. The van der Waals surface area contributed by atoms with Crippen LogP contribution in [0, 0.1) is 0 Å². The summed E-state index contributed by atoms with van der Waals surface area (Å²) in [5.41, 5.74) is 0. The van der Waals surface area contributed by atoms with Gasteiger partial charge in [-0.05, 0) is 30.8 Å². The minimum atomic E-state index is 0.686. The molecule has 2 aliphatic heterocycles. The average molecular weight is 266 g/mol. The molecule has 0 aliphatic carbocycles. The van der Waals surface area contributed by atoms with Crippen molar-refractivity contribution >= 4 is 11.3 Å². The van der Waals surface area contributed by atoms with E-state index in [0.717, 1.165) is 26.3 Å². The Labute approximate surface area is 113 Å². The smallest absolute Gasteiger partial charge is 0.0594 e. The molecule has 0 radical (unpaired) electrons. The van der Waals surface area contributed by atoms with Gasteiger partial charge in [0.15, 0.2) is 0 Å². The van der Waals surface area contributed by atoms with Crippen LogP contribution in [-0.2, 0) is 4.74 Å². The summed E-state index contributed by atoms with van der Waals surface area (Å²) in [6, 6.07) is 5.16. The fourth-order valence-electron chi connectivity index (χ4n) is 2.99. The number of rotatable bonds is 4. The lowest BCUT2D eigenvalue weighted by Gasteiger charge is -2.30. The summed E-state index contributed by atoms with van der Waals surface area (Å²) in [4.78, 5) is 6.75. The predicted octanol–water partition coefficient (Wildman–Crippen LogP) is 2.22. The van der Waals surface area contributed by atoms with Crippen LogP contribution in [0.4, 0.5) is 0 Å². The topological polar surface area (TPSA) is 15.7 Å². The van der Waals surface area contributed by atoms with Gasteiger partial charge in [-0.3, -0.25) is 9.80 Å². The number of likely N-dealkylation sites (tertiary alicyclic amines) is 1. The van der Waals surface area contributed by atoms with Gasteiger partial charge in [-0.2, -0.15) is 0 Å². The minimum absolute atomic E-state index is 0.686. The fraction of sp³-hybridized carbons (Fsp3) is 0.714. The van der Waals surface area contributed by atoms with Crippen LogP contribution in [0.3, 0.4) is 0 Å². The molecule has 3 rings (SSSR count). The van der Waals surface area contributed by atoms with Crippen molar-refractivity contribution in [1.29, 1.82) is 0 Å². The third-order valence-electron chi connectivity index (χ3n) is 4.04. The van der Waals surface area contributed by atoms with E-state index < -0.39 is 0 Å². The summed E-state index contributed by atoms with van der Waals surface area (Å²) in [5, 5.41) is 2.20. The highest BCUT2D eigenvalue weighted by Crippen LogP contribution is 2.33. The van der Waals surface area contributed by atoms with E-state index in [1.54, 1.807) is 4.88 Å². The molecule has 1 atom stereocenters. The Bertz CT molecular complexity index is 349. The highest BCUT2D eigenvalue weighted by molar-refractivity contribution is 7.10. The second kappa shape index (κ2) is 6.15. The number of morpholine rings is 1. The molecule has 2 aliphatic rings. The van der Waals surface area contributed by atoms with Crippen LogP contribution in [0.15, 0.2) is 17.5 Å². The lowest BCUT2D eigenvalue weighted by molar-refractivity contribution is 0.0327. The van der Waals surface area contributed by atoms with Crippen molar-refractivity contribution in [3.05, 3.63) is 22.4 Å². The molecule has 3 nitrogen and oxygen atoms in total. The zero-order valence-corrected chi connectivity index (χ0v) is 11.7.